The minimum atomic E-state index is 0.0222. The molecule has 1 fully saturated rings. The van der Waals surface area contributed by atoms with Crippen molar-refractivity contribution in [3.63, 3.8) is 0 Å². The number of carbonyl (C=O) groups is 2. The molecule has 0 bridgehead atoms. The highest BCUT2D eigenvalue weighted by molar-refractivity contribution is 7.99. The molecule has 0 atom stereocenters. The normalized spacial score (nSPS) is 13.8. The van der Waals surface area contributed by atoms with Gasteiger partial charge in [-0.25, -0.2) is 4.98 Å². The minimum Gasteiger partial charge on any atom is -0.431 e. The van der Waals surface area contributed by atoms with Crippen LogP contribution in [0.5, 0.6) is 0 Å². The SMILES string of the molecule is O=C(CSc1nc(-c2ccccc2)c(-c2ccccc2)o1)N1CCN(C(=O)c2cccs2)CC1. The van der Waals surface area contributed by atoms with Crippen molar-refractivity contribution in [2.24, 2.45) is 0 Å². The summed E-state index contributed by atoms with van der Waals surface area (Å²) >= 11 is 2.75. The predicted octanol–water partition coefficient (Wildman–Crippen LogP) is 5.15. The van der Waals surface area contributed by atoms with Crippen molar-refractivity contribution in [2.45, 2.75) is 5.22 Å². The maximum atomic E-state index is 12.8. The van der Waals surface area contributed by atoms with Crippen molar-refractivity contribution in [2.75, 3.05) is 31.9 Å². The summed E-state index contributed by atoms with van der Waals surface area (Å²) in [7, 11) is 0. The smallest absolute Gasteiger partial charge is 0.264 e. The molecule has 5 rings (SSSR count). The van der Waals surface area contributed by atoms with Crippen molar-refractivity contribution in [1.82, 2.24) is 14.8 Å². The molecule has 1 aliphatic rings. The maximum Gasteiger partial charge on any atom is 0.264 e. The number of aromatic nitrogens is 1. The van der Waals surface area contributed by atoms with E-state index in [-0.39, 0.29) is 17.6 Å². The number of nitrogens with zero attached hydrogens (tertiary/aromatic N) is 3. The molecule has 1 saturated heterocycles. The van der Waals surface area contributed by atoms with E-state index in [2.05, 4.69) is 0 Å². The van der Waals surface area contributed by atoms with Gasteiger partial charge in [0.05, 0.1) is 10.6 Å². The Morgan fingerprint density at radius 2 is 1.50 bits per heavy atom. The summed E-state index contributed by atoms with van der Waals surface area (Å²) in [6, 6.07) is 23.5. The molecule has 4 aromatic rings. The van der Waals surface area contributed by atoms with E-state index in [4.69, 9.17) is 9.40 Å². The number of oxazole rings is 1. The van der Waals surface area contributed by atoms with Crippen LogP contribution in [0.25, 0.3) is 22.6 Å². The van der Waals surface area contributed by atoms with Crippen LogP contribution in [0, 0.1) is 0 Å². The third kappa shape index (κ3) is 4.93. The molecule has 8 heteroatoms. The summed E-state index contributed by atoms with van der Waals surface area (Å²) in [6.07, 6.45) is 0. The first-order chi connectivity index (χ1) is 16.7. The molecular weight excluding hydrogens is 466 g/mol. The highest BCUT2D eigenvalue weighted by Crippen LogP contribution is 2.35. The average molecular weight is 490 g/mol. The fraction of sp³-hybridized carbons (Fsp3) is 0.192. The Labute approximate surface area is 206 Å². The van der Waals surface area contributed by atoms with Crippen LogP contribution in [0.4, 0.5) is 0 Å². The first kappa shape index (κ1) is 22.4. The van der Waals surface area contributed by atoms with Crippen molar-refractivity contribution < 1.29 is 14.0 Å². The highest BCUT2D eigenvalue weighted by atomic mass is 32.2. The summed E-state index contributed by atoms with van der Waals surface area (Å²) in [5.74, 6) is 0.997. The number of piperazine rings is 1. The number of carbonyl (C=O) groups excluding carboxylic acids is 2. The minimum absolute atomic E-state index is 0.0222. The van der Waals surface area contributed by atoms with Crippen molar-refractivity contribution >= 4 is 34.9 Å². The third-order valence-corrected chi connectivity index (χ3v) is 7.33. The van der Waals surface area contributed by atoms with Gasteiger partial charge in [-0.15, -0.1) is 11.3 Å². The van der Waals surface area contributed by atoms with Crippen LogP contribution >= 0.6 is 23.1 Å². The molecular formula is C26H23N3O3S2. The van der Waals surface area contributed by atoms with Gasteiger partial charge < -0.3 is 14.2 Å². The zero-order chi connectivity index (χ0) is 23.3. The van der Waals surface area contributed by atoms with Gasteiger partial charge in [-0.05, 0) is 11.4 Å². The first-order valence-corrected chi connectivity index (χ1v) is 12.9. The van der Waals surface area contributed by atoms with Gasteiger partial charge in [0, 0.05) is 37.3 Å². The van der Waals surface area contributed by atoms with Crippen LogP contribution in [-0.2, 0) is 4.79 Å². The average Bonchev–Trinajstić information content (AvgIpc) is 3.59. The van der Waals surface area contributed by atoms with Crippen LogP contribution in [0.2, 0.25) is 0 Å². The van der Waals surface area contributed by atoms with Crippen molar-refractivity contribution in [3.8, 4) is 22.6 Å². The van der Waals surface area contributed by atoms with Crippen molar-refractivity contribution in [1.29, 1.82) is 0 Å². The molecule has 2 aromatic carbocycles. The lowest BCUT2D eigenvalue weighted by molar-refractivity contribution is -0.129. The Kier molecular flexibility index (Phi) is 6.78. The highest BCUT2D eigenvalue weighted by Gasteiger charge is 2.26. The van der Waals surface area contributed by atoms with Crippen LogP contribution in [0.3, 0.4) is 0 Å². The lowest BCUT2D eigenvalue weighted by Gasteiger charge is -2.34. The molecule has 1 aliphatic heterocycles. The van der Waals surface area contributed by atoms with Gasteiger partial charge in [0.25, 0.3) is 11.1 Å². The zero-order valence-electron chi connectivity index (χ0n) is 18.4. The fourth-order valence-corrected chi connectivity index (χ4v) is 5.29. The van der Waals surface area contributed by atoms with Crippen LogP contribution < -0.4 is 0 Å². The summed E-state index contributed by atoms with van der Waals surface area (Å²) < 4.78 is 6.11. The Morgan fingerprint density at radius 1 is 0.853 bits per heavy atom. The van der Waals surface area contributed by atoms with E-state index in [0.717, 1.165) is 21.7 Å². The van der Waals surface area contributed by atoms with E-state index in [9.17, 15) is 9.59 Å². The van der Waals surface area contributed by atoms with Gasteiger partial charge in [-0.2, -0.15) is 0 Å². The van der Waals surface area contributed by atoms with E-state index in [1.54, 1.807) is 0 Å². The van der Waals surface area contributed by atoms with Gasteiger partial charge in [-0.1, -0.05) is 78.5 Å². The van der Waals surface area contributed by atoms with Gasteiger partial charge in [0.2, 0.25) is 5.91 Å². The number of thiophene rings is 1. The van der Waals surface area contributed by atoms with Crippen LogP contribution in [0.15, 0.2) is 87.8 Å². The number of hydrogen-bond donors (Lipinski definition) is 0. The summed E-state index contributed by atoms with van der Waals surface area (Å²) in [5.41, 5.74) is 2.68. The number of thioether (sulfide) groups is 1. The zero-order valence-corrected chi connectivity index (χ0v) is 20.1. The van der Waals surface area contributed by atoms with Crippen LogP contribution in [-0.4, -0.2) is 58.5 Å². The van der Waals surface area contributed by atoms with E-state index in [1.807, 2.05) is 88.0 Å². The van der Waals surface area contributed by atoms with E-state index in [1.165, 1.54) is 23.1 Å². The predicted molar refractivity (Wildman–Crippen MR) is 135 cm³/mol. The number of hydrogen-bond acceptors (Lipinski definition) is 6. The third-order valence-electron chi connectivity index (χ3n) is 5.66. The molecule has 172 valence electrons. The Morgan fingerprint density at radius 3 is 2.15 bits per heavy atom. The second-order valence-electron chi connectivity index (χ2n) is 7.83. The standard InChI is InChI=1S/C26H23N3O3S2/c30-22(28-13-15-29(16-14-28)25(31)21-12-7-17-33-21)18-34-26-27-23(19-8-3-1-4-9-19)24(32-26)20-10-5-2-6-11-20/h1-12,17H,13-16,18H2. The summed E-state index contributed by atoms with van der Waals surface area (Å²) in [5, 5.41) is 2.37. The lowest BCUT2D eigenvalue weighted by Crippen LogP contribution is -2.51. The molecule has 0 spiro atoms. The quantitative estimate of drug-likeness (QED) is 0.351. The first-order valence-electron chi connectivity index (χ1n) is 11.0. The number of amides is 2. The Hall–Kier alpha value is -3.36. The van der Waals surface area contributed by atoms with E-state index >= 15 is 0 Å². The lowest BCUT2D eigenvalue weighted by atomic mass is 10.1. The van der Waals surface area contributed by atoms with Crippen LogP contribution in [0.1, 0.15) is 9.67 Å². The molecule has 0 aliphatic carbocycles. The largest absolute Gasteiger partial charge is 0.431 e. The summed E-state index contributed by atoms with van der Waals surface area (Å²) in [6.45, 7) is 2.16. The van der Waals surface area contributed by atoms with Gasteiger partial charge in [-0.3, -0.25) is 9.59 Å². The number of benzene rings is 2. The van der Waals surface area contributed by atoms with E-state index in [0.29, 0.717) is 37.2 Å². The topological polar surface area (TPSA) is 66.7 Å². The second-order valence-corrected chi connectivity index (χ2v) is 9.70. The maximum absolute atomic E-state index is 12.8. The summed E-state index contributed by atoms with van der Waals surface area (Å²) in [4.78, 5) is 34.4. The molecule has 2 amide bonds. The van der Waals surface area contributed by atoms with Crippen molar-refractivity contribution in [3.05, 3.63) is 83.1 Å². The molecule has 6 nitrogen and oxygen atoms in total. The number of rotatable bonds is 6. The Bertz CT molecular complexity index is 1190. The second kappa shape index (κ2) is 10.3. The van der Waals surface area contributed by atoms with Gasteiger partial charge in [0.15, 0.2) is 5.76 Å². The Balaban J connectivity index is 1.23. The molecule has 3 heterocycles. The fourth-order valence-electron chi connectivity index (χ4n) is 3.87. The molecule has 0 saturated carbocycles. The van der Waals surface area contributed by atoms with Gasteiger partial charge in [0.1, 0.15) is 5.69 Å². The van der Waals surface area contributed by atoms with Gasteiger partial charge >= 0.3 is 0 Å². The molecule has 0 N–H and O–H groups in total. The molecule has 0 radical (unpaired) electrons. The molecule has 34 heavy (non-hydrogen) atoms. The monoisotopic (exact) mass is 489 g/mol. The molecule has 2 aromatic heterocycles. The van der Waals surface area contributed by atoms with E-state index < -0.39 is 0 Å². The molecule has 0 unspecified atom stereocenters.